The van der Waals surface area contributed by atoms with Gasteiger partial charge in [-0.15, -0.1) is 0 Å². The molecule has 150 valence electrons. The molecule has 0 aliphatic carbocycles. The maximum absolute atomic E-state index is 12.1. The largest absolute Gasteiger partial charge is 0.354 e. The van der Waals surface area contributed by atoms with Crippen LogP contribution in [-0.4, -0.2) is 39.8 Å². The van der Waals surface area contributed by atoms with Gasteiger partial charge < -0.3 is 16.0 Å². The lowest BCUT2D eigenvalue weighted by molar-refractivity contribution is 0.594. The second-order valence-electron chi connectivity index (χ2n) is 6.76. The van der Waals surface area contributed by atoms with E-state index in [1.54, 1.807) is 19.1 Å². The predicted octanol–water partition coefficient (Wildman–Crippen LogP) is 2.94. The first-order chi connectivity index (χ1) is 13.5. The Morgan fingerprint density at radius 3 is 2.21 bits per heavy atom. The fourth-order valence-corrected chi connectivity index (χ4v) is 4.01. The smallest absolute Gasteiger partial charge is 0.195 e. The molecule has 0 saturated heterocycles. The molecule has 0 radical (unpaired) electrons. The second-order valence-corrected chi connectivity index (χ2v) is 9.04. The zero-order valence-electron chi connectivity index (χ0n) is 16.4. The van der Waals surface area contributed by atoms with Gasteiger partial charge in [0.25, 0.3) is 0 Å². The summed E-state index contributed by atoms with van der Waals surface area (Å²) in [5.41, 5.74) is 3.16. The van der Waals surface area contributed by atoms with Crippen LogP contribution in [0.4, 0.5) is 5.69 Å². The number of nitrogens with one attached hydrogen (secondary N) is 3. The standard InChI is InChI=1S/C21H28N4O2S/c1-3-13-22-20(17-7-11-19(12-8-17)28(26,27)4-2)16-5-9-18(10-6-16)25-21-23-14-15-24-21/h5-12,20,22H,3-4,13-15H2,1-2H3,(H2,23,24,25). The van der Waals surface area contributed by atoms with E-state index in [1.165, 1.54) is 0 Å². The number of guanidine groups is 1. The third kappa shape index (κ3) is 4.91. The Morgan fingerprint density at radius 1 is 1.04 bits per heavy atom. The zero-order valence-corrected chi connectivity index (χ0v) is 17.2. The van der Waals surface area contributed by atoms with E-state index in [9.17, 15) is 8.42 Å². The van der Waals surface area contributed by atoms with Crippen LogP contribution in [0.15, 0.2) is 58.4 Å². The quantitative estimate of drug-likeness (QED) is 0.635. The topological polar surface area (TPSA) is 82.6 Å². The summed E-state index contributed by atoms with van der Waals surface area (Å²) in [5, 5.41) is 10.0. The highest BCUT2D eigenvalue weighted by atomic mass is 32.2. The number of aliphatic imine (C=N–C) groups is 1. The molecule has 1 heterocycles. The van der Waals surface area contributed by atoms with Gasteiger partial charge in [0, 0.05) is 12.2 Å². The fourth-order valence-electron chi connectivity index (χ4n) is 3.13. The number of nitrogens with zero attached hydrogens (tertiary/aromatic N) is 1. The average Bonchev–Trinajstić information content (AvgIpc) is 3.23. The SMILES string of the molecule is CCCNC(c1ccc(NC2=NCCN2)cc1)c1ccc(S(=O)(=O)CC)cc1. The molecule has 0 spiro atoms. The van der Waals surface area contributed by atoms with E-state index in [0.717, 1.165) is 48.8 Å². The van der Waals surface area contributed by atoms with Gasteiger partial charge in [0.2, 0.25) is 0 Å². The maximum Gasteiger partial charge on any atom is 0.195 e. The predicted molar refractivity (Wildman–Crippen MR) is 115 cm³/mol. The Labute approximate surface area is 167 Å². The highest BCUT2D eigenvalue weighted by molar-refractivity contribution is 7.91. The summed E-state index contributed by atoms with van der Waals surface area (Å²) < 4.78 is 24.1. The number of hydrogen-bond donors (Lipinski definition) is 3. The highest BCUT2D eigenvalue weighted by Gasteiger charge is 2.16. The van der Waals surface area contributed by atoms with Crippen LogP contribution in [0.5, 0.6) is 0 Å². The third-order valence-corrected chi connectivity index (χ3v) is 6.48. The molecule has 3 N–H and O–H groups in total. The first-order valence-electron chi connectivity index (χ1n) is 9.75. The zero-order chi connectivity index (χ0) is 20.0. The van der Waals surface area contributed by atoms with Crippen molar-refractivity contribution in [2.75, 3.05) is 30.7 Å². The minimum atomic E-state index is -3.19. The highest BCUT2D eigenvalue weighted by Crippen LogP contribution is 2.25. The van der Waals surface area contributed by atoms with Crippen molar-refractivity contribution in [1.82, 2.24) is 10.6 Å². The average molecular weight is 401 g/mol. The molecule has 0 aromatic heterocycles. The molecule has 0 saturated carbocycles. The lowest BCUT2D eigenvalue weighted by Crippen LogP contribution is -2.26. The Morgan fingerprint density at radius 2 is 1.68 bits per heavy atom. The molecule has 1 aliphatic heterocycles. The van der Waals surface area contributed by atoms with Crippen molar-refractivity contribution in [3.63, 3.8) is 0 Å². The van der Waals surface area contributed by atoms with E-state index in [4.69, 9.17) is 0 Å². The maximum atomic E-state index is 12.1. The van der Waals surface area contributed by atoms with Crippen molar-refractivity contribution in [2.45, 2.75) is 31.2 Å². The Hall–Kier alpha value is -2.38. The van der Waals surface area contributed by atoms with Gasteiger partial charge in [-0.2, -0.15) is 0 Å². The van der Waals surface area contributed by atoms with Crippen LogP contribution >= 0.6 is 0 Å². The summed E-state index contributed by atoms with van der Waals surface area (Å²) in [6.45, 7) is 6.33. The molecule has 7 heteroatoms. The Bertz CT molecular complexity index is 906. The van der Waals surface area contributed by atoms with Crippen molar-refractivity contribution in [3.05, 3.63) is 59.7 Å². The van der Waals surface area contributed by atoms with Crippen molar-refractivity contribution in [2.24, 2.45) is 4.99 Å². The molecule has 0 amide bonds. The molecule has 1 atom stereocenters. The van der Waals surface area contributed by atoms with Crippen LogP contribution < -0.4 is 16.0 Å². The Balaban J connectivity index is 1.81. The summed E-state index contributed by atoms with van der Waals surface area (Å²) in [5.74, 6) is 0.916. The third-order valence-electron chi connectivity index (χ3n) is 4.73. The summed E-state index contributed by atoms with van der Waals surface area (Å²) in [6.07, 6.45) is 1.02. The first kappa shape index (κ1) is 20.4. The molecule has 0 bridgehead atoms. The van der Waals surface area contributed by atoms with Crippen LogP contribution in [0, 0.1) is 0 Å². The van der Waals surface area contributed by atoms with E-state index in [-0.39, 0.29) is 11.8 Å². The van der Waals surface area contributed by atoms with Crippen molar-refractivity contribution in [3.8, 4) is 0 Å². The van der Waals surface area contributed by atoms with E-state index >= 15 is 0 Å². The molecule has 2 aromatic carbocycles. The van der Waals surface area contributed by atoms with E-state index < -0.39 is 9.84 Å². The van der Waals surface area contributed by atoms with Gasteiger partial charge in [-0.1, -0.05) is 38.1 Å². The van der Waals surface area contributed by atoms with Crippen LogP contribution in [0.3, 0.4) is 0 Å². The normalized spacial score (nSPS) is 15.0. The lowest BCUT2D eigenvalue weighted by atomic mass is 9.98. The van der Waals surface area contributed by atoms with Crippen molar-refractivity contribution >= 4 is 21.5 Å². The van der Waals surface area contributed by atoms with Gasteiger partial charge in [-0.3, -0.25) is 4.99 Å². The van der Waals surface area contributed by atoms with Gasteiger partial charge in [-0.05, 0) is 48.4 Å². The summed E-state index contributed by atoms with van der Waals surface area (Å²) in [4.78, 5) is 4.72. The van der Waals surface area contributed by atoms with E-state index in [2.05, 4.69) is 40.0 Å². The van der Waals surface area contributed by atoms with Crippen LogP contribution in [-0.2, 0) is 9.84 Å². The van der Waals surface area contributed by atoms with E-state index in [1.807, 2.05) is 24.3 Å². The minimum Gasteiger partial charge on any atom is -0.354 e. The number of benzene rings is 2. The van der Waals surface area contributed by atoms with Crippen LogP contribution in [0.25, 0.3) is 0 Å². The summed E-state index contributed by atoms with van der Waals surface area (Å²) in [7, 11) is -3.19. The number of rotatable bonds is 8. The molecule has 0 fully saturated rings. The monoisotopic (exact) mass is 400 g/mol. The van der Waals surface area contributed by atoms with Gasteiger partial charge >= 0.3 is 0 Å². The second kappa shape index (κ2) is 9.21. The van der Waals surface area contributed by atoms with Crippen LogP contribution in [0.1, 0.15) is 37.4 Å². The van der Waals surface area contributed by atoms with Gasteiger partial charge in [0.15, 0.2) is 15.8 Å². The first-order valence-corrected chi connectivity index (χ1v) is 11.4. The molecule has 1 aliphatic rings. The minimum absolute atomic E-state index is 0.00864. The van der Waals surface area contributed by atoms with Gasteiger partial charge in [0.1, 0.15) is 0 Å². The number of hydrogen-bond acceptors (Lipinski definition) is 6. The molecular formula is C21H28N4O2S. The lowest BCUT2D eigenvalue weighted by Gasteiger charge is -2.20. The molecule has 3 rings (SSSR count). The van der Waals surface area contributed by atoms with Crippen molar-refractivity contribution < 1.29 is 8.42 Å². The van der Waals surface area contributed by atoms with Crippen LogP contribution in [0.2, 0.25) is 0 Å². The fraction of sp³-hybridized carbons (Fsp3) is 0.381. The van der Waals surface area contributed by atoms with Gasteiger partial charge in [0.05, 0.1) is 23.2 Å². The summed E-state index contributed by atoms with van der Waals surface area (Å²) >= 11 is 0. The molecule has 1 unspecified atom stereocenters. The van der Waals surface area contributed by atoms with E-state index in [0.29, 0.717) is 4.90 Å². The number of sulfone groups is 1. The molecule has 6 nitrogen and oxygen atoms in total. The van der Waals surface area contributed by atoms with Gasteiger partial charge in [-0.25, -0.2) is 8.42 Å². The Kier molecular flexibility index (Phi) is 6.70. The summed E-state index contributed by atoms with van der Waals surface area (Å²) in [6, 6.07) is 15.5. The molecule has 28 heavy (non-hydrogen) atoms. The number of anilines is 1. The molecular weight excluding hydrogens is 372 g/mol. The molecule has 2 aromatic rings. The van der Waals surface area contributed by atoms with Crippen molar-refractivity contribution in [1.29, 1.82) is 0 Å².